The molecule has 0 aromatic heterocycles. The van der Waals surface area contributed by atoms with Crippen molar-refractivity contribution in [3.63, 3.8) is 0 Å². The van der Waals surface area contributed by atoms with Gasteiger partial charge in [0, 0.05) is 29.3 Å². The van der Waals surface area contributed by atoms with Crippen molar-refractivity contribution in [1.29, 1.82) is 0 Å². The van der Waals surface area contributed by atoms with Crippen LogP contribution < -0.4 is 19.5 Å². The predicted octanol–water partition coefficient (Wildman–Crippen LogP) is 6.54. The second-order valence-corrected chi connectivity index (χ2v) is 9.61. The third kappa shape index (κ3) is 3.27. The van der Waals surface area contributed by atoms with Gasteiger partial charge in [-0.25, -0.2) is 0 Å². The average Bonchev–Trinajstić information content (AvgIpc) is 3.40. The van der Waals surface area contributed by atoms with Crippen molar-refractivity contribution in [2.45, 2.75) is 24.7 Å². The summed E-state index contributed by atoms with van der Waals surface area (Å²) in [5.74, 6) is 2.42. The van der Waals surface area contributed by atoms with Crippen LogP contribution in [-0.2, 0) is 4.79 Å². The number of nitrogens with one attached hydrogen (secondary N) is 1. The lowest BCUT2D eigenvalue weighted by molar-refractivity contribution is -0.116. The lowest BCUT2D eigenvalue weighted by Gasteiger charge is -2.37. The Labute approximate surface area is 209 Å². The number of ketones is 1. The molecule has 3 aliphatic rings. The molecule has 0 saturated heterocycles. The number of anilines is 1. The second-order valence-electron chi connectivity index (χ2n) is 9.61. The number of fused-ring (bicyclic) bond motifs is 4. The highest BCUT2D eigenvalue weighted by Crippen LogP contribution is 2.51. The molecule has 0 radical (unpaired) electrons. The zero-order valence-corrected chi connectivity index (χ0v) is 19.9. The molecule has 2 heterocycles. The topological polar surface area (TPSA) is 56.8 Å². The number of methoxy groups -OCH3 is 1. The first-order chi connectivity index (χ1) is 17.7. The first kappa shape index (κ1) is 21.1. The molecular weight excluding hydrogens is 450 g/mol. The van der Waals surface area contributed by atoms with E-state index in [4.69, 9.17) is 14.2 Å². The summed E-state index contributed by atoms with van der Waals surface area (Å²) in [4.78, 5) is 13.9. The largest absolute Gasteiger partial charge is 0.497 e. The monoisotopic (exact) mass is 475 g/mol. The molecule has 2 aliphatic heterocycles. The summed E-state index contributed by atoms with van der Waals surface area (Å²) >= 11 is 0. The quantitative estimate of drug-likeness (QED) is 0.365. The number of hydrogen-bond donors (Lipinski definition) is 1. The first-order valence-corrected chi connectivity index (χ1v) is 12.3. The number of carbonyl (C=O) groups excluding carboxylic acids is 1. The highest BCUT2D eigenvalue weighted by Gasteiger charge is 2.39. The smallest absolute Gasteiger partial charge is 0.231 e. The van der Waals surface area contributed by atoms with Crippen LogP contribution in [0.4, 0.5) is 5.69 Å². The Morgan fingerprint density at radius 2 is 1.67 bits per heavy atom. The van der Waals surface area contributed by atoms with Crippen LogP contribution in [0, 0.1) is 0 Å². The minimum Gasteiger partial charge on any atom is -0.497 e. The number of hydrogen-bond acceptors (Lipinski definition) is 5. The molecule has 4 aromatic carbocycles. The molecule has 2 atom stereocenters. The van der Waals surface area contributed by atoms with Crippen LogP contribution in [0.15, 0.2) is 90.1 Å². The highest BCUT2D eigenvalue weighted by molar-refractivity contribution is 6.04. The van der Waals surface area contributed by atoms with E-state index in [1.54, 1.807) is 7.11 Å². The summed E-state index contributed by atoms with van der Waals surface area (Å²) in [6.07, 6.45) is 1.26. The number of benzene rings is 4. The van der Waals surface area contributed by atoms with E-state index in [9.17, 15) is 4.79 Å². The molecule has 0 bridgehead atoms. The Bertz CT molecular complexity index is 1550. The van der Waals surface area contributed by atoms with Crippen LogP contribution >= 0.6 is 0 Å². The van der Waals surface area contributed by atoms with Crippen LogP contribution in [0.5, 0.6) is 17.2 Å². The fraction of sp³-hybridized carbons (Fsp3) is 0.194. The van der Waals surface area contributed by atoms with Gasteiger partial charge in [-0.3, -0.25) is 4.79 Å². The van der Waals surface area contributed by atoms with Gasteiger partial charge < -0.3 is 19.5 Å². The summed E-state index contributed by atoms with van der Waals surface area (Å²) in [6, 6.07) is 26.8. The summed E-state index contributed by atoms with van der Waals surface area (Å²) in [6.45, 7) is 0.223. The van der Waals surface area contributed by atoms with E-state index >= 15 is 0 Å². The summed E-state index contributed by atoms with van der Waals surface area (Å²) < 4.78 is 16.6. The molecule has 1 N–H and O–H groups in total. The van der Waals surface area contributed by atoms with Crippen molar-refractivity contribution < 1.29 is 19.0 Å². The Hall–Kier alpha value is -4.25. The molecule has 36 heavy (non-hydrogen) atoms. The molecule has 4 aromatic rings. The molecule has 0 spiro atoms. The van der Waals surface area contributed by atoms with Crippen LogP contribution in [0.1, 0.15) is 41.4 Å². The van der Waals surface area contributed by atoms with E-state index < -0.39 is 0 Å². The average molecular weight is 476 g/mol. The van der Waals surface area contributed by atoms with Gasteiger partial charge in [0.05, 0.1) is 7.11 Å². The van der Waals surface area contributed by atoms with Gasteiger partial charge in [0.1, 0.15) is 5.75 Å². The number of allylic oxidation sites excluding steroid dienone is 2. The molecule has 0 amide bonds. The number of ether oxygens (including phenoxy) is 3. The van der Waals surface area contributed by atoms with E-state index in [0.29, 0.717) is 6.42 Å². The van der Waals surface area contributed by atoms with Crippen molar-refractivity contribution in [2.75, 3.05) is 19.2 Å². The Morgan fingerprint density at radius 3 is 2.53 bits per heavy atom. The maximum absolute atomic E-state index is 13.9. The minimum absolute atomic E-state index is 0.120. The lowest BCUT2D eigenvalue weighted by Crippen LogP contribution is -2.30. The number of Topliss-reactive ketones (excluding diaryl/α,β-unsaturated/α-hetero) is 1. The standard InChI is InChI=1S/C31H25NO4/c1-34-22-10-6-18(7-11-22)21-14-25-31(26(33)15-21)29(20-9-13-27-28(16-20)36-17-35-27)30-23-5-3-2-4-19(23)8-12-24(30)32-25/h2-13,16,21,29,32H,14-15,17H2,1H3/t21-,29+/m1/s1. The van der Waals surface area contributed by atoms with E-state index in [0.717, 1.165) is 68.1 Å². The Kier molecular flexibility index (Phi) is 4.78. The molecule has 7 rings (SSSR count). The maximum Gasteiger partial charge on any atom is 0.231 e. The number of rotatable bonds is 3. The zero-order chi connectivity index (χ0) is 24.2. The second kappa shape index (κ2) is 8.16. The van der Waals surface area contributed by atoms with Gasteiger partial charge in [0.2, 0.25) is 6.79 Å². The summed E-state index contributed by atoms with van der Waals surface area (Å²) in [5, 5.41) is 5.99. The van der Waals surface area contributed by atoms with Crippen molar-refractivity contribution in [3.05, 3.63) is 107 Å². The van der Waals surface area contributed by atoms with Crippen molar-refractivity contribution >= 4 is 22.2 Å². The molecule has 178 valence electrons. The van der Waals surface area contributed by atoms with E-state index in [-0.39, 0.29) is 24.4 Å². The van der Waals surface area contributed by atoms with Crippen LogP contribution in [-0.4, -0.2) is 19.7 Å². The van der Waals surface area contributed by atoms with Crippen molar-refractivity contribution in [3.8, 4) is 17.2 Å². The number of carbonyl (C=O) groups is 1. The van der Waals surface area contributed by atoms with E-state index in [2.05, 4.69) is 59.9 Å². The van der Waals surface area contributed by atoms with Crippen LogP contribution in [0.3, 0.4) is 0 Å². The zero-order valence-electron chi connectivity index (χ0n) is 19.9. The highest BCUT2D eigenvalue weighted by atomic mass is 16.7. The van der Waals surface area contributed by atoms with E-state index in [1.165, 1.54) is 0 Å². The SMILES string of the molecule is COc1ccc([C@H]2CC(=O)C3=C(C2)Nc2ccc4ccccc4c2[C@@H]3c2ccc3c(c2)OCO3)cc1. The summed E-state index contributed by atoms with van der Waals surface area (Å²) in [7, 11) is 1.67. The van der Waals surface area contributed by atoms with Gasteiger partial charge in [-0.1, -0.05) is 48.5 Å². The van der Waals surface area contributed by atoms with Crippen LogP contribution in [0.2, 0.25) is 0 Å². The molecule has 5 heteroatoms. The third-order valence-electron chi connectivity index (χ3n) is 7.66. The minimum atomic E-state index is -0.179. The molecule has 1 aliphatic carbocycles. The molecule has 0 fully saturated rings. The van der Waals surface area contributed by atoms with Gasteiger partial charge in [-0.2, -0.15) is 0 Å². The third-order valence-corrected chi connectivity index (χ3v) is 7.66. The van der Waals surface area contributed by atoms with Crippen molar-refractivity contribution in [2.24, 2.45) is 0 Å². The predicted molar refractivity (Wildman–Crippen MR) is 139 cm³/mol. The maximum atomic E-state index is 13.9. The van der Waals surface area contributed by atoms with Crippen LogP contribution in [0.25, 0.3) is 10.8 Å². The normalized spacial score (nSPS) is 20.1. The van der Waals surface area contributed by atoms with Crippen molar-refractivity contribution in [1.82, 2.24) is 0 Å². The molecule has 5 nitrogen and oxygen atoms in total. The van der Waals surface area contributed by atoms with Gasteiger partial charge in [0.25, 0.3) is 0 Å². The van der Waals surface area contributed by atoms with E-state index in [1.807, 2.05) is 24.3 Å². The first-order valence-electron chi connectivity index (χ1n) is 12.3. The molecule has 0 unspecified atom stereocenters. The molecule has 0 saturated carbocycles. The fourth-order valence-corrected chi connectivity index (χ4v) is 5.94. The summed E-state index contributed by atoms with van der Waals surface area (Å²) in [5.41, 5.74) is 6.27. The Morgan fingerprint density at radius 1 is 0.861 bits per heavy atom. The van der Waals surface area contributed by atoms with Gasteiger partial charge in [0.15, 0.2) is 17.3 Å². The Balaban J connectivity index is 1.39. The van der Waals surface area contributed by atoms with Gasteiger partial charge in [-0.15, -0.1) is 0 Å². The fourth-order valence-electron chi connectivity index (χ4n) is 5.94. The molecular formula is C31H25NO4. The van der Waals surface area contributed by atoms with Gasteiger partial charge >= 0.3 is 0 Å². The lowest BCUT2D eigenvalue weighted by atomic mass is 9.71. The van der Waals surface area contributed by atoms with Gasteiger partial charge in [-0.05, 0) is 70.1 Å².